The SMILES string of the molecule is CC(C)(C)OC(=O)NC1CC(NCc2ccc(Cl)cc2Cl)C1. The van der Waals surface area contributed by atoms with Gasteiger partial charge >= 0.3 is 6.09 Å². The Hall–Kier alpha value is -0.970. The van der Waals surface area contributed by atoms with E-state index in [0.717, 1.165) is 18.4 Å². The quantitative estimate of drug-likeness (QED) is 0.862. The molecule has 2 rings (SSSR count). The number of hydrogen-bond donors (Lipinski definition) is 2. The first kappa shape index (κ1) is 17.4. The van der Waals surface area contributed by atoms with Crippen LogP contribution in [0.2, 0.25) is 10.0 Å². The number of nitrogens with one attached hydrogen (secondary N) is 2. The van der Waals surface area contributed by atoms with E-state index >= 15 is 0 Å². The number of halogens is 2. The molecule has 0 heterocycles. The summed E-state index contributed by atoms with van der Waals surface area (Å²) in [5, 5.41) is 7.61. The molecular weight excluding hydrogens is 323 g/mol. The van der Waals surface area contributed by atoms with E-state index < -0.39 is 5.60 Å². The van der Waals surface area contributed by atoms with Crippen LogP contribution in [0, 0.1) is 0 Å². The van der Waals surface area contributed by atoms with Crippen molar-refractivity contribution in [3.05, 3.63) is 33.8 Å². The predicted octanol–water partition coefficient (Wildman–Crippen LogP) is 4.14. The van der Waals surface area contributed by atoms with Crippen molar-refractivity contribution in [2.45, 2.75) is 57.8 Å². The van der Waals surface area contributed by atoms with Crippen molar-refractivity contribution in [3.8, 4) is 0 Å². The van der Waals surface area contributed by atoms with E-state index in [9.17, 15) is 4.79 Å². The van der Waals surface area contributed by atoms with E-state index in [1.165, 1.54) is 0 Å². The minimum Gasteiger partial charge on any atom is -0.444 e. The first-order chi connectivity index (χ1) is 10.2. The molecule has 0 atom stereocenters. The van der Waals surface area contributed by atoms with Gasteiger partial charge in [0.05, 0.1) is 0 Å². The first-order valence-electron chi connectivity index (χ1n) is 7.40. The number of ether oxygens (including phenoxy) is 1. The van der Waals surface area contributed by atoms with Crippen LogP contribution < -0.4 is 10.6 Å². The van der Waals surface area contributed by atoms with Crippen LogP contribution in [-0.4, -0.2) is 23.8 Å². The van der Waals surface area contributed by atoms with Crippen LogP contribution in [0.25, 0.3) is 0 Å². The van der Waals surface area contributed by atoms with Crippen molar-refractivity contribution in [3.63, 3.8) is 0 Å². The number of amides is 1. The average Bonchev–Trinajstić information content (AvgIpc) is 2.31. The molecule has 1 saturated carbocycles. The van der Waals surface area contributed by atoms with Gasteiger partial charge in [-0.3, -0.25) is 0 Å². The van der Waals surface area contributed by atoms with Crippen LogP contribution in [0.4, 0.5) is 4.79 Å². The molecule has 0 saturated heterocycles. The highest BCUT2D eigenvalue weighted by molar-refractivity contribution is 6.35. The molecule has 22 heavy (non-hydrogen) atoms. The summed E-state index contributed by atoms with van der Waals surface area (Å²) in [6, 6.07) is 6.05. The van der Waals surface area contributed by atoms with Crippen LogP contribution in [0.5, 0.6) is 0 Å². The third-order valence-corrected chi connectivity index (χ3v) is 4.04. The normalized spacial score (nSPS) is 21.1. The Morgan fingerprint density at radius 3 is 2.55 bits per heavy atom. The summed E-state index contributed by atoms with van der Waals surface area (Å²) in [6.07, 6.45) is 1.44. The van der Waals surface area contributed by atoms with E-state index in [2.05, 4.69) is 10.6 Å². The van der Waals surface area contributed by atoms with Gasteiger partial charge in [0.1, 0.15) is 5.60 Å². The Kier molecular flexibility index (Phi) is 5.59. The Bertz CT molecular complexity index is 537. The van der Waals surface area contributed by atoms with E-state index in [-0.39, 0.29) is 12.1 Å². The molecule has 0 bridgehead atoms. The smallest absolute Gasteiger partial charge is 0.407 e. The van der Waals surface area contributed by atoms with E-state index in [1.807, 2.05) is 32.9 Å². The van der Waals surface area contributed by atoms with Gasteiger partial charge in [0.15, 0.2) is 0 Å². The standard InChI is InChI=1S/C16H22Cl2N2O2/c1-16(2,3)22-15(21)20-13-7-12(8-13)19-9-10-4-5-11(17)6-14(10)18/h4-6,12-13,19H,7-9H2,1-3H3,(H,20,21). The zero-order valence-corrected chi connectivity index (χ0v) is 14.6. The summed E-state index contributed by atoms with van der Waals surface area (Å²) in [7, 11) is 0. The summed E-state index contributed by atoms with van der Waals surface area (Å²) in [5.41, 5.74) is 0.561. The van der Waals surface area contributed by atoms with Crippen molar-refractivity contribution in [2.24, 2.45) is 0 Å². The lowest BCUT2D eigenvalue weighted by atomic mass is 9.87. The Balaban J connectivity index is 1.68. The van der Waals surface area contributed by atoms with Crippen molar-refractivity contribution in [2.75, 3.05) is 0 Å². The molecule has 0 aromatic heterocycles. The molecule has 0 radical (unpaired) electrons. The van der Waals surface area contributed by atoms with Crippen LogP contribution in [-0.2, 0) is 11.3 Å². The summed E-state index contributed by atoms with van der Waals surface area (Å²) < 4.78 is 5.24. The highest BCUT2D eigenvalue weighted by Gasteiger charge is 2.31. The minimum atomic E-state index is -0.461. The number of alkyl carbamates (subject to hydrolysis) is 1. The molecule has 1 amide bonds. The lowest BCUT2D eigenvalue weighted by Crippen LogP contribution is -2.52. The molecule has 1 aliphatic carbocycles. The van der Waals surface area contributed by atoms with Crippen molar-refractivity contribution < 1.29 is 9.53 Å². The topological polar surface area (TPSA) is 50.4 Å². The Labute approximate surface area is 141 Å². The fraction of sp³-hybridized carbons (Fsp3) is 0.562. The van der Waals surface area contributed by atoms with Crippen molar-refractivity contribution >= 4 is 29.3 Å². The monoisotopic (exact) mass is 344 g/mol. The maximum Gasteiger partial charge on any atom is 0.407 e. The molecule has 0 unspecified atom stereocenters. The second kappa shape index (κ2) is 7.07. The molecule has 6 heteroatoms. The van der Waals surface area contributed by atoms with Gasteiger partial charge in [-0.25, -0.2) is 4.79 Å². The summed E-state index contributed by atoms with van der Waals surface area (Å²) in [5.74, 6) is 0. The fourth-order valence-electron chi connectivity index (χ4n) is 2.30. The lowest BCUT2D eigenvalue weighted by molar-refractivity contribution is 0.0465. The highest BCUT2D eigenvalue weighted by Crippen LogP contribution is 2.24. The number of carbonyl (C=O) groups is 1. The molecule has 1 aromatic carbocycles. The van der Waals surface area contributed by atoms with Crippen LogP contribution >= 0.6 is 23.2 Å². The number of benzene rings is 1. The van der Waals surface area contributed by atoms with E-state index in [0.29, 0.717) is 22.6 Å². The van der Waals surface area contributed by atoms with Gasteiger partial charge in [-0.15, -0.1) is 0 Å². The van der Waals surface area contributed by atoms with Crippen LogP contribution in [0.3, 0.4) is 0 Å². The van der Waals surface area contributed by atoms with Crippen molar-refractivity contribution in [1.82, 2.24) is 10.6 Å². The van der Waals surface area contributed by atoms with Gasteiger partial charge in [0.25, 0.3) is 0 Å². The second-order valence-electron chi connectivity index (χ2n) is 6.63. The van der Waals surface area contributed by atoms with Gasteiger partial charge in [0, 0.05) is 28.7 Å². The zero-order valence-electron chi connectivity index (χ0n) is 13.1. The molecule has 1 aromatic rings. The number of rotatable bonds is 4. The molecular formula is C16H22Cl2N2O2. The average molecular weight is 345 g/mol. The maximum atomic E-state index is 11.6. The molecule has 4 nitrogen and oxygen atoms in total. The van der Waals surface area contributed by atoms with Gasteiger partial charge in [-0.2, -0.15) is 0 Å². The largest absolute Gasteiger partial charge is 0.444 e. The van der Waals surface area contributed by atoms with E-state index in [4.69, 9.17) is 27.9 Å². The number of carbonyl (C=O) groups excluding carboxylic acids is 1. The molecule has 2 N–H and O–H groups in total. The molecule has 122 valence electrons. The highest BCUT2D eigenvalue weighted by atomic mass is 35.5. The molecule has 0 aliphatic heterocycles. The summed E-state index contributed by atoms with van der Waals surface area (Å²) >= 11 is 12.0. The van der Waals surface area contributed by atoms with Gasteiger partial charge < -0.3 is 15.4 Å². The van der Waals surface area contributed by atoms with E-state index in [1.54, 1.807) is 6.07 Å². The minimum absolute atomic E-state index is 0.174. The number of hydrogen-bond acceptors (Lipinski definition) is 3. The molecule has 1 fully saturated rings. The van der Waals surface area contributed by atoms with Gasteiger partial charge in [-0.05, 0) is 51.3 Å². The van der Waals surface area contributed by atoms with Gasteiger partial charge in [0.2, 0.25) is 0 Å². The maximum absolute atomic E-state index is 11.6. The Morgan fingerprint density at radius 2 is 1.95 bits per heavy atom. The Morgan fingerprint density at radius 1 is 1.27 bits per heavy atom. The molecule has 0 spiro atoms. The van der Waals surface area contributed by atoms with Crippen LogP contribution in [0.1, 0.15) is 39.2 Å². The van der Waals surface area contributed by atoms with Gasteiger partial charge in [-0.1, -0.05) is 29.3 Å². The molecule has 1 aliphatic rings. The third-order valence-electron chi connectivity index (χ3n) is 3.46. The van der Waals surface area contributed by atoms with Crippen molar-refractivity contribution in [1.29, 1.82) is 0 Å². The second-order valence-corrected chi connectivity index (χ2v) is 7.47. The third kappa shape index (κ3) is 5.34. The summed E-state index contributed by atoms with van der Waals surface area (Å²) in [6.45, 7) is 6.26. The fourth-order valence-corrected chi connectivity index (χ4v) is 2.77. The van der Waals surface area contributed by atoms with Crippen LogP contribution in [0.15, 0.2) is 18.2 Å². The zero-order chi connectivity index (χ0) is 16.3. The summed E-state index contributed by atoms with van der Waals surface area (Å²) in [4.78, 5) is 11.6. The first-order valence-corrected chi connectivity index (χ1v) is 8.15. The lowest BCUT2D eigenvalue weighted by Gasteiger charge is -2.36. The predicted molar refractivity (Wildman–Crippen MR) is 89.5 cm³/mol.